The van der Waals surface area contributed by atoms with Crippen LogP contribution in [0.25, 0.3) is 0 Å². The minimum absolute atomic E-state index is 0.0364. The van der Waals surface area contributed by atoms with Crippen molar-refractivity contribution in [1.82, 2.24) is 0 Å². The van der Waals surface area contributed by atoms with E-state index in [9.17, 15) is 5.11 Å². The van der Waals surface area contributed by atoms with Crippen LogP contribution in [0.5, 0.6) is 0 Å². The highest BCUT2D eigenvalue weighted by Crippen LogP contribution is 2.67. The lowest BCUT2D eigenvalue weighted by molar-refractivity contribution is -0.126. The maximum Gasteiger partial charge on any atom is 0.121 e. The van der Waals surface area contributed by atoms with Crippen molar-refractivity contribution in [1.29, 1.82) is 0 Å². The quantitative estimate of drug-likeness (QED) is 0.504. The van der Waals surface area contributed by atoms with Gasteiger partial charge in [0.2, 0.25) is 0 Å². The highest BCUT2D eigenvalue weighted by atomic mass is 16.3. The third-order valence-electron chi connectivity index (χ3n) is 9.43. The Kier molecular flexibility index (Phi) is 4.57. The second-order valence-electron chi connectivity index (χ2n) is 10.1. The van der Waals surface area contributed by atoms with E-state index in [0.717, 1.165) is 55.1 Å². The molecule has 0 amide bonds. The van der Waals surface area contributed by atoms with Crippen LogP contribution < -0.4 is 0 Å². The largest absolute Gasteiger partial charge is 0.507 e. The minimum Gasteiger partial charge on any atom is -0.507 e. The predicted octanol–water partition coefficient (Wildman–Crippen LogP) is 5.62. The fourth-order valence-electron chi connectivity index (χ4n) is 7.99. The maximum absolute atomic E-state index is 10.2. The monoisotopic (exact) mass is 344 g/mol. The zero-order valence-electron chi connectivity index (χ0n) is 16.1. The van der Waals surface area contributed by atoms with Crippen LogP contribution in [-0.2, 0) is 0 Å². The average Bonchev–Trinajstić information content (AvgIpc) is 2.92. The van der Waals surface area contributed by atoms with Crippen LogP contribution >= 0.6 is 0 Å². The summed E-state index contributed by atoms with van der Waals surface area (Å²) in [6.07, 6.45) is 15.8. The van der Waals surface area contributed by atoms with Gasteiger partial charge >= 0.3 is 0 Å². The standard InChI is InChI=1S/C23H36O2/c1-22-13-11-21-19(20(22)9-7-16(22)5-3-4-14-24)8-6-17-15-18(25)10-12-23(17,21)2/h3,14,16-21,24-25H,5-13,15H2,1-2H3/t4?,16-,17+,18+,19+,20+,21+,22+,23+/m0/s1. The van der Waals surface area contributed by atoms with E-state index in [2.05, 4.69) is 19.6 Å². The Morgan fingerprint density at radius 1 is 0.960 bits per heavy atom. The molecule has 140 valence electrons. The summed E-state index contributed by atoms with van der Waals surface area (Å²) >= 11 is 0. The number of hydrogen-bond donors (Lipinski definition) is 2. The van der Waals surface area contributed by atoms with Crippen molar-refractivity contribution in [3.63, 3.8) is 0 Å². The van der Waals surface area contributed by atoms with Gasteiger partial charge in [0.1, 0.15) is 6.26 Å². The molecule has 0 unspecified atom stereocenters. The number of aliphatic hydroxyl groups excluding tert-OH is 2. The summed E-state index contributed by atoms with van der Waals surface area (Å²) in [7, 11) is 0. The summed E-state index contributed by atoms with van der Waals surface area (Å²) in [5.41, 5.74) is 3.85. The molecule has 0 aromatic rings. The van der Waals surface area contributed by atoms with Gasteiger partial charge in [0.05, 0.1) is 6.10 Å². The van der Waals surface area contributed by atoms with Gasteiger partial charge in [-0.2, -0.15) is 0 Å². The molecule has 4 rings (SSSR count). The minimum atomic E-state index is -0.0364. The van der Waals surface area contributed by atoms with E-state index >= 15 is 0 Å². The van der Waals surface area contributed by atoms with Crippen LogP contribution in [0.2, 0.25) is 0 Å². The number of rotatable bonds is 2. The van der Waals surface area contributed by atoms with E-state index in [1.54, 1.807) is 0 Å². The molecular weight excluding hydrogens is 308 g/mol. The smallest absolute Gasteiger partial charge is 0.121 e. The lowest BCUT2D eigenvalue weighted by Crippen LogP contribution is -2.53. The second kappa shape index (κ2) is 6.46. The third-order valence-corrected chi connectivity index (χ3v) is 9.43. The summed E-state index contributed by atoms with van der Waals surface area (Å²) < 4.78 is 0. The first-order valence-electron chi connectivity index (χ1n) is 10.7. The Balaban J connectivity index is 1.55. The molecule has 8 atom stereocenters. The van der Waals surface area contributed by atoms with E-state index in [4.69, 9.17) is 5.11 Å². The van der Waals surface area contributed by atoms with Crippen molar-refractivity contribution in [3.8, 4) is 0 Å². The molecule has 25 heavy (non-hydrogen) atoms. The van der Waals surface area contributed by atoms with Gasteiger partial charge in [0.15, 0.2) is 0 Å². The summed E-state index contributed by atoms with van der Waals surface area (Å²) in [6, 6.07) is 0. The van der Waals surface area contributed by atoms with Crippen LogP contribution in [-0.4, -0.2) is 16.3 Å². The second-order valence-corrected chi connectivity index (χ2v) is 10.1. The molecule has 4 aliphatic carbocycles. The molecule has 2 heteroatoms. The van der Waals surface area contributed by atoms with Crippen LogP contribution in [0.3, 0.4) is 0 Å². The zero-order chi connectivity index (χ0) is 17.7. The molecule has 0 heterocycles. The molecule has 0 aliphatic heterocycles. The van der Waals surface area contributed by atoms with Gasteiger partial charge in [-0.25, -0.2) is 0 Å². The highest BCUT2D eigenvalue weighted by molar-refractivity contribution is 5.09. The van der Waals surface area contributed by atoms with Crippen molar-refractivity contribution in [2.75, 3.05) is 0 Å². The molecule has 0 bridgehead atoms. The molecule has 4 fully saturated rings. The van der Waals surface area contributed by atoms with Crippen LogP contribution in [0, 0.1) is 40.4 Å². The van der Waals surface area contributed by atoms with E-state index in [0.29, 0.717) is 10.8 Å². The fraction of sp³-hybridized carbons (Fsp3) is 0.870. The Labute approximate surface area is 153 Å². The van der Waals surface area contributed by atoms with Crippen LogP contribution in [0.4, 0.5) is 0 Å². The molecule has 4 saturated carbocycles. The molecule has 0 aromatic carbocycles. The number of allylic oxidation sites excluding steroid dienone is 1. The Morgan fingerprint density at radius 3 is 2.52 bits per heavy atom. The lowest BCUT2D eigenvalue weighted by Gasteiger charge is -2.61. The van der Waals surface area contributed by atoms with Crippen molar-refractivity contribution < 1.29 is 10.2 Å². The van der Waals surface area contributed by atoms with Gasteiger partial charge in [0.25, 0.3) is 0 Å². The normalized spacial score (nSPS) is 51.6. The predicted molar refractivity (Wildman–Crippen MR) is 101 cm³/mol. The Bertz CT molecular complexity index is 562. The van der Waals surface area contributed by atoms with Gasteiger partial charge in [-0.3, -0.25) is 0 Å². The van der Waals surface area contributed by atoms with E-state index < -0.39 is 0 Å². The number of fused-ring (bicyclic) bond motifs is 5. The Morgan fingerprint density at radius 2 is 1.72 bits per heavy atom. The van der Waals surface area contributed by atoms with Gasteiger partial charge in [-0.15, -0.1) is 0 Å². The molecular formula is C23H36O2. The molecule has 2 N–H and O–H groups in total. The lowest BCUT2D eigenvalue weighted by atomic mass is 9.44. The topological polar surface area (TPSA) is 40.5 Å². The zero-order valence-corrected chi connectivity index (χ0v) is 16.1. The molecule has 2 nitrogen and oxygen atoms in total. The van der Waals surface area contributed by atoms with Crippen molar-refractivity contribution in [2.45, 2.75) is 84.2 Å². The average molecular weight is 345 g/mol. The number of hydrogen-bond acceptors (Lipinski definition) is 2. The van der Waals surface area contributed by atoms with E-state index in [1.165, 1.54) is 44.9 Å². The summed E-state index contributed by atoms with van der Waals surface area (Å²) in [4.78, 5) is 0. The third kappa shape index (κ3) is 2.72. The molecule has 0 radical (unpaired) electrons. The summed E-state index contributed by atoms with van der Waals surface area (Å²) in [6.45, 7) is 5.14. The van der Waals surface area contributed by atoms with Crippen LogP contribution in [0.15, 0.2) is 18.1 Å². The Hall–Kier alpha value is -0.720. The first-order chi connectivity index (χ1) is 12.0. The first-order valence-corrected chi connectivity index (χ1v) is 10.7. The molecule has 0 aromatic heterocycles. The van der Waals surface area contributed by atoms with E-state index in [1.807, 2.05) is 6.08 Å². The highest BCUT2D eigenvalue weighted by Gasteiger charge is 2.59. The first kappa shape index (κ1) is 17.7. The van der Waals surface area contributed by atoms with Gasteiger partial charge in [0, 0.05) is 0 Å². The van der Waals surface area contributed by atoms with Gasteiger partial charge < -0.3 is 10.2 Å². The van der Waals surface area contributed by atoms with Crippen LogP contribution in [0.1, 0.15) is 78.1 Å². The maximum atomic E-state index is 10.2. The van der Waals surface area contributed by atoms with Gasteiger partial charge in [-0.05, 0) is 111 Å². The fourth-order valence-corrected chi connectivity index (χ4v) is 7.99. The summed E-state index contributed by atoms with van der Waals surface area (Å²) in [5, 5.41) is 19.0. The summed E-state index contributed by atoms with van der Waals surface area (Å²) in [5.74, 6) is 4.23. The molecule has 0 saturated heterocycles. The SMILES string of the molecule is C[C@@]12CC[C@@H](O)C[C@H]1CC[C@H]1[C@H]2CC[C@]2(C)[C@@H](CC=C=CO)CC[C@H]12. The van der Waals surface area contributed by atoms with E-state index in [-0.39, 0.29) is 6.10 Å². The molecule has 4 aliphatic rings. The van der Waals surface area contributed by atoms with Crippen molar-refractivity contribution in [3.05, 3.63) is 18.1 Å². The van der Waals surface area contributed by atoms with Crippen molar-refractivity contribution >= 4 is 0 Å². The van der Waals surface area contributed by atoms with Gasteiger partial charge in [-0.1, -0.05) is 19.6 Å². The molecule has 0 spiro atoms. The number of aliphatic hydroxyl groups is 2. The van der Waals surface area contributed by atoms with Crippen molar-refractivity contribution in [2.24, 2.45) is 40.4 Å².